The molecule has 28 heavy (non-hydrogen) atoms. The van der Waals surface area contributed by atoms with E-state index in [1.165, 1.54) is 17.7 Å². The Morgan fingerprint density at radius 1 is 1.29 bits per heavy atom. The molecule has 1 aliphatic heterocycles. The van der Waals surface area contributed by atoms with Crippen LogP contribution in [0.15, 0.2) is 41.2 Å². The monoisotopic (exact) mass is 383 g/mol. The van der Waals surface area contributed by atoms with Gasteiger partial charge < -0.3 is 4.52 Å². The highest BCUT2D eigenvalue weighted by Gasteiger charge is 2.27. The summed E-state index contributed by atoms with van der Waals surface area (Å²) >= 11 is 0. The smallest absolute Gasteiger partial charge is 0.231 e. The van der Waals surface area contributed by atoms with Crippen LogP contribution in [0.2, 0.25) is 0 Å². The molecule has 1 saturated heterocycles. The summed E-state index contributed by atoms with van der Waals surface area (Å²) in [6, 6.07) is 6.28. The SMILES string of the molecule is CC(C)(C)n1cc(CN2CCCC(c3nc(-c4cccc(F)c4)no3)C2)cn1. The predicted molar refractivity (Wildman–Crippen MR) is 104 cm³/mol. The van der Waals surface area contributed by atoms with Crippen LogP contribution in [0.3, 0.4) is 0 Å². The van der Waals surface area contributed by atoms with Crippen LogP contribution in [-0.2, 0) is 12.1 Å². The van der Waals surface area contributed by atoms with Crippen molar-refractivity contribution in [2.45, 2.75) is 51.6 Å². The minimum absolute atomic E-state index is 0.0141. The van der Waals surface area contributed by atoms with Gasteiger partial charge in [0, 0.05) is 30.4 Å². The molecule has 1 atom stereocenters. The summed E-state index contributed by atoms with van der Waals surface area (Å²) in [6.07, 6.45) is 6.17. The molecule has 4 rings (SSSR count). The Morgan fingerprint density at radius 3 is 2.89 bits per heavy atom. The molecule has 0 N–H and O–H groups in total. The highest BCUT2D eigenvalue weighted by molar-refractivity contribution is 5.53. The minimum atomic E-state index is -0.302. The van der Waals surface area contributed by atoms with Gasteiger partial charge in [0.05, 0.1) is 17.7 Å². The third-order valence-electron chi connectivity index (χ3n) is 5.11. The van der Waals surface area contributed by atoms with Crippen molar-refractivity contribution in [1.29, 1.82) is 0 Å². The number of benzene rings is 1. The number of nitrogens with zero attached hydrogens (tertiary/aromatic N) is 5. The van der Waals surface area contributed by atoms with E-state index in [9.17, 15) is 4.39 Å². The lowest BCUT2D eigenvalue weighted by Crippen LogP contribution is -2.34. The zero-order valence-electron chi connectivity index (χ0n) is 16.6. The summed E-state index contributed by atoms with van der Waals surface area (Å²) < 4.78 is 21.0. The van der Waals surface area contributed by atoms with Crippen molar-refractivity contribution in [2.75, 3.05) is 13.1 Å². The molecule has 0 aliphatic carbocycles. The first kappa shape index (κ1) is 18.8. The summed E-state index contributed by atoms with van der Waals surface area (Å²) in [6.45, 7) is 9.20. The molecule has 7 heteroatoms. The van der Waals surface area contributed by atoms with E-state index in [4.69, 9.17) is 4.52 Å². The number of likely N-dealkylation sites (tertiary alicyclic amines) is 1. The molecule has 0 saturated carbocycles. The van der Waals surface area contributed by atoms with Gasteiger partial charge in [-0.2, -0.15) is 10.1 Å². The van der Waals surface area contributed by atoms with Crippen LogP contribution in [0, 0.1) is 5.82 Å². The molecule has 1 aromatic carbocycles. The lowest BCUT2D eigenvalue weighted by atomic mass is 9.97. The molecule has 3 aromatic rings. The van der Waals surface area contributed by atoms with Crippen molar-refractivity contribution >= 4 is 0 Å². The van der Waals surface area contributed by atoms with Gasteiger partial charge in [-0.3, -0.25) is 9.58 Å². The van der Waals surface area contributed by atoms with Gasteiger partial charge in [-0.15, -0.1) is 0 Å². The fourth-order valence-corrected chi connectivity index (χ4v) is 3.61. The van der Waals surface area contributed by atoms with E-state index in [1.807, 2.05) is 10.9 Å². The summed E-state index contributed by atoms with van der Waals surface area (Å²) in [4.78, 5) is 6.94. The predicted octanol–water partition coefficient (Wildman–Crippen LogP) is 4.21. The number of piperidine rings is 1. The number of rotatable bonds is 4. The van der Waals surface area contributed by atoms with Gasteiger partial charge in [-0.1, -0.05) is 17.3 Å². The third kappa shape index (κ3) is 4.14. The second kappa shape index (κ2) is 7.47. The lowest BCUT2D eigenvalue weighted by molar-refractivity contribution is 0.180. The molecule has 3 heterocycles. The molecule has 0 spiro atoms. The molecule has 0 amide bonds. The zero-order chi connectivity index (χ0) is 19.7. The molecule has 6 nitrogen and oxygen atoms in total. The van der Waals surface area contributed by atoms with Gasteiger partial charge in [-0.05, 0) is 52.3 Å². The topological polar surface area (TPSA) is 60.0 Å². The van der Waals surface area contributed by atoms with E-state index in [-0.39, 0.29) is 17.3 Å². The molecule has 1 unspecified atom stereocenters. The fourth-order valence-electron chi connectivity index (χ4n) is 3.61. The Balaban J connectivity index is 1.43. The van der Waals surface area contributed by atoms with Crippen LogP contribution in [0.1, 0.15) is 51.0 Å². The lowest BCUT2D eigenvalue weighted by Gasteiger charge is -2.30. The maximum Gasteiger partial charge on any atom is 0.231 e. The third-order valence-corrected chi connectivity index (χ3v) is 5.11. The Hall–Kier alpha value is -2.54. The molecule has 148 valence electrons. The van der Waals surface area contributed by atoms with Crippen LogP contribution >= 0.6 is 0 Å². The summed E-state index contributed by atoms with van der Waals surface area (Å²) in [5.41, 5.74) is 1.83. The van der Waals surface area contributed by atoms with E-state index < -0.39 is 0 Å². The Morgan fingerprint density at radius 2 is 2.14 bits per heavy atom. The average Bonchev–Trinajstić information content (AvgIpc) is 3.31. The molecule has 0 radical (unpaired) electrons. The largest absolute Gasteiger partial charge is 0.339 e. The maximum atomic E-state index is 13.4. The van der Waals surface area contributed by atoms with Crippen molar-refractivity contribution in [3.63, 3.8) is 0 Å². The molecule has 0 bridgehead atoms. The normalized spacial score (nSPS) is 18.5. The van der Waals surface area contributed by atoms with Crippen LogP contribution < -0.4 is 0 Å². The minimum Gasteiger partial charge on any atom is -0.339 e. The van der Waals surface area contributed by atoms with Gasteiger partial charge in [-0.25, -0.2) is 4.39 Å². The van der Waals surface area contributed by atoms with E-state index in [1.54, 1.807) is 12.1 Å². The van der Waals surface area contributed by atoms with Crippen molar-refractivity contribution in [1.82, 2.24) is 24.8 Å². The van der Waals surface area contributed by atoms with Gasteiger partial charge in [0.15, 0.2) is 0 Å². The highest BCUT2D eigenvalue weighted by atomic mass is 19.1. The van der Waals surface area contributed by atoms with Crippen molar-refractivity contribution in [2.24, 2.45) is 0 Å². The number of hydrogen-bond acceptors (Lipinski definition) is 5. The van der Waals surface area contributed by atoms with E-state index >= 15 is 0 Å². The highest BCUT2D eigenvalue weighted by Crippen LogP contribution is 2.28. The summed E-state index contributed by atoms with van der Waals surface area (Å²) in [5.74, 6) is 0.970. The fraction of sp³-hybridized carbons (Fsp3) is 0.476. The summed E-state index contributed by atoms with van der Waals surface area (Å²) in [7, 11) is 0. The average molecular weight is 383 g/mol. The maximum absolute atomic E-state index is 13.4. The first-order chi connectivity index (χ1) is 13.4. The van der Waals surface area contributed by atoms with Crippen molar-refractivity contribution in [3.05, 3.63) is 53.9 Å². The Kier molecular flexibility index (Phi) is 5.02. The number of aromatic nitrogens is 4. The van der Waals surface area contributed by atoms with Crippen LogP contribution in [0.5, 0.6) is 0 Å². The first-order valence-electron chi connectivity index (χ1n) is 9.74. The zero-order valence-corrected chi connectivity index (χ0v) is 16.6. The van der Waals surface area contributed by atoms with Crippen LogP contribution in [-0.4, -0.2) is 37.9 Å². The van der Waals surface area contributed by atoms with Crippen LogP contribution in [0.25, 0.3) is 11.4 Å². The van der Waals surface area contributed by atoms with Crippen molar-refractivity contribution in [3.8, 4) is 11.4 Å². The molecule has 1 aliphatic rings. The summed E-state index contributed by atoms with van der Waals surface area (Å²) in [5, 5.41) is 8.55. The molecule has 2 aromatic heterocycles. The number of hydrogen-bond donors (Lipinski definition) is 0. The van der Waals surface area contributed by atoms with E-state index in [2.05, 4.69) is 47.1 Å². The van der Waals surface area contributed by atoms with Gasteiger partial charge in [0.2, 0.25) is 11.7 Å². The van der Waals surface area contributed by atoms with E-state index in [0.717, 1.165) is 32.5 Å². The second-order valence-electron chi connectivity index (χ2n) is 8.50. The Labute approximate surface area is 164 Å². The number of halogens is 1. The second-order valence-corrected chi connectivity index (χ2v) is 8.50. The van der Waals surface area contributed by atoms with Crippen molar-refractivity contribution < 1.29 is 8.91 Å². The first-order valence-corrected chi connectivity index (χ1v) is 9.74. The van der Waals surface area contributed by atoms with Gasteiger partial charge >= 0.3 is 0 Å². The van der Waals surface area contributed by atoms with Crippen LogP contribution in [0.4, 0.5) is 4.39 Å². The van der Waals surface area contributed by atoms with E-state index in [0.29, 0.717) is 17.3 Å². The standard InChI is InChI=1S/C21H26FN5O/c1-21(2,3)27-13-15(11-23-27)12-26-9-5-7-17(14-26)20-24-19(25-28-20)16-6-4-8-18(22)10-16/h4,6,8,10-11,13,17H,5,7,9,12,14H2,1-3H3. The molecule has 1 fully saturated rings. The molecular formula is C21H26FN5O. The van der Waals surface area contributed by atoms with Gasteiger partial charge in [0.25, 0.3) is 0 Å². The Bertz CT molecular complexity index is 942. The van der Waals surface area contributed by atoms with Gasteiger partial charge in [0.1, 0.15) is 5.82 Å². The molecular weight excluding hydrogens is 357 g/mol. The quantitative estimate of drug-likeness (QED) is 0.675.